The van der Waals surface area contributed by atoms with Gasteiger partial charge in [0.2, 0.25) is 11.8 Å². The number of carbonyl (C=O) groups excluding carboxylic acids is 2. The first-order chi connectivity index (χ1) is 13.5. The van der Waals surface area contributed by atoms with Gasteiger partial charge < -0.3 is 10.2 Å². The van der Waals surface area contributed by atoms with Crippen LogP contribution >= 0.6 is 11.6 Å². The van der Waals surface area contributed by atoms with Gasteiger partial charge in [0.25, 0.3) is 0 Å². The van der Waals surface area contributed by atoms with Crippen LogP contribution in [0.25, 0.3) is 0 Å². The molecule has 2 aromatic rings. The number of benzene rings is 2. The third-order valence-electron chi connectivity index (χ3n) is 5.51. The Kier molecular flexibility index (Phi) is 5.38. The van der Waals surface area contributed by atoms with Crippen LogP contribution in [0.2, 0.25) is 5.02 Å². The molecule has 2 amide bonds. The second kappa shape index (κ2) is 7.94. The third-order valence-corrected chi connectivity index (χ3v) is 5.76. The normalized spacial score (nSPS) is 22.7. The molecule has 1 N–H and O–H groups in total. The van der Waals surface area contributed by atoms with E-state index in [4.69, 9.17) is 11.6 Å². The van der Waals surface area contributed by atoms with Gasteiger partial charge in [-0.25, -0.2) is 0 Å². The Morgan fingerprint density at radius 1 is 1.07 bits per heavy atom. The first kappa shape index (κ1) is 19.0. The topological polar surface area (TPSA) is 52.6 Å². The molecule has 2 aromatic carbocycles. The minimum atomic E-state index is -0.506. The van der Waals surface area contributed by atoms with Crippen molar-refractivity contribution in [2.24, 2.45) is 0 Å². The lowest BCUT2D eigenvalue weighted by atomic mass is 9.98. The number of piperazine rings is 2. The van der Waals surface area contributed by atoms with E-state index in [2.05, 4.69) is 41.4 Å². The van der Waals surface area contributed by atoms with E-state index in [-0.39, 0.29) is 11.8 Å². The van der Waals surface area contributed by atoms with E-state index in [0.29, 0.717) is 24.5 Å². The van der Waals surface area contributed by atoms with Gasteiger partial charge >= 0.3 is 0 Å². The molecule has 0 spiro atoms. The molecule has 0 unspecified atom stereocenters. The second-order valence-corrected chi connectivity index (χ2v) is 8.10. The number of carbonyl (C=O) groups is 2. The van der Waals surface area contributed by atoms with Crippen LogP contribution in [-0.4, -0.2) is 53.3 Å². The molecule has 6 heteroatoms. The van der Waals surface area contributed by atoms with E-state index in [9.17, 15) is 9.59 Å². The van der Waals surface area contributed by atoms with Crippen molar-refractivity contribution in [2.75, 3.05) is 19.6 Å². The molecule has 28 heavy (non-hydrogen) atoms. The van der Waals surface area contributed by atoms with Crippen LogP contribution in [0.1, 0.15) is 16.7 Å². The minimum absolute atomic E-state index is 0.00903. The van der Waals surface area contributed by atoms with Crippen LogP contribution in [0.3, 0.4) is 0 Å². The fourth-order valence-corrected chi connectivity index (χ4v) is 4.19. The Balaban J connectivity index is 1.41. The molecule has 2 saturated heterocycles. The molecule has 0 bridgehead atoms. The van der Waals surface area contributed by atoms with Crippen LogP contribution in [0.15, 0.2) is 48.5 Å². The number of hydrogen-bond acceptors (Lipinski definition) is 3. The van der Waals surface area contributed by atoms with Gasteiger partial charge in [-0.3, -0.25) is 14.5 Å². The van der Waals surface area contributed by atoms with Gasteiger partial charge in [0.15, 0.2) is 0 Å². The first-order valence-electron chi connectivity index (χ1n) is 9.63. The van der Waals surface area contributed by atoms with Crippen molar-refractivity contribution in [1.29, 1.82) is 0 Å². The highest BCUT2D eigenvalue weighted by atomic mass is 35.5. The maximum Gasteiger partial charge on any atom is 0.246 e. The lowest BCUT2D eigenvalue weighted by Crippen LogP contribution is -2.69. The highest BCUT2D eigenvalue weighted by Crippen LogP contribution is 2.20. The van der Waals surface area contributed by atoms with E-state index in [0.717, 1.165) is 18.7 Å². The summed E-state index contributed by atoms with van der Waals surface area (Å²) in [4.78, 5) is 29.7. The molecule has 2 aliphatic heterocycles. The largest absolute Gasteiger partial charge is 0.342 e. The molecule has 4 rings (SSSR count). The lowest BCUT2D eigenvalue weighted by molar-refractivity contribution is -0.153. The van der Waals surface area contributed by atoms with Crippen LogP contribution in [-0.2, 0) is 22.6 Å². The quantitative estimate of drug-likeness (QED) is 0.861. The van der Waals surface area contributed by atoms with Gasteiger partial charge in [0.05, 0.1) is 0 Å². The number of rotatable bonds is 4. The number of halogens is 1. The maximum absolute atomic E-state index is 13.0. The van der Waals surface area contributed by atoms with Crippen molar-refractivity contribution >= 4 is 23.4 Å². The SMILES string of the molecule is Cc1cccc(CN2CCN3C(=O)[C@H](Cc4ccc(Cl)cc4)NC(=O)[C@H]3C2)c1. The molecule has 146 valence electrons. The van der Waals surface area contributed by atoms with E-state index >= 15 is 0 Å². The summed E-state index contributed by atoms with van der Waals surface area (Å²) in [5, 5.41) is 3.59. The highest BCUT2D eigenvalue weighted by Gasteiger charge is 2.43. The lowest BCUT2D eigenvalue weighted by Gasteiger charge is -2.45. The van der Waals surface area contributed by atoms with Gasteiger partial charge in [0, 0.05) is 37.6 Å². The summed E-state index contributed by atoms with van der Waals surface area (Å²) in [6.45, 7) is 4.80. The number of hydrogen-bond donors (Lipinski definition) is 1. The summed E-state index contributed by atoms with van der Waals surface area (Å²) in [7, 11) is 0. The van der Waals surface area contributed by atoms with Crippen molar-refractivity contribution in [1.82, 2.24) is 15.1 Å². The predicted octanol–water partition coefficient (Wildman–Crippen LogP) is 2.40. The first-order valence-corrected chi connectivity index (χ1v) is 10.0. The number of fused-ring (bicyclic) bond motifs is 1. The summed E-state index contributed by atoms with van der Waals surface area (Å²) in [6, 6.07) is 14.9. The van der Waals surface area contributed by atoms with E-state index < -0.39 is 12.1 Å². The Hall–Kier alpha value is -2.37. The highest BCUT2D eigenvalue weighted by molar-refractivity contribution is 6.30. The number of nitrogens with one attached hydrogen (secondary N) is 1. The van der Waals surface area contributed by atoms with Crippen molar-refractivity contribution < 1.29 is 9.59 Å². The van der Waals surface area contributed by atoms with Gasteiger partial charge in [-0.2, -0.15) is 0 Å². The Morgan fingerprint density at radius 2 is 1.86 bits per heavy atom. The molecule has 0 saturated carbocycles. The number of nitrogens with zero attached hydrogens (tertiary/aromatic N) is 2. The molecule has 2 aliphatic rings. The van der Waals surface area contributed by atoms with Crippen LogP contribution in [0.5, 0.6) is 0 Å². The Morgan fingerprint density at radius 3 is 2.61 bits per heavy atom. The zero-order chi connectivity index (χ0) is 19.7. The fraction of sp³-hybridized carbons (Fsp3) is 0.364. The zero-order valence-electron chi connectivity index (χ0n) is 15.9. The summed E-state index contributed by atoms with van der Waals surface area (Å²) in [6.07, 6.45) is 0.484. The van der Waals surface area contributed by atoms with Crippen LogP contribution in [0, 0.1) is 6.92 Å². The third kappa shape index (κ3) is 4.05. The zero-order valence-corrected chi connectivity index (χ0v) is 16.7. The standard InChI is InChI=1S/C22H24ClN3O2/c1-15-3-2-4-17(11-15)13-25-9-10-26-20(14-25)21(27)24-19(22(26)28)12-16-5-7-18(23)8-6-16/h2-8,11,19-20H,9-10,12-14H2,1H3,(H,24,27)/t19-,20+/m0/s1. The maximum atomic E-state index is 13.0. The monoisotopic (exact) mass is 397 g/mol. The summed E-state index contributed by atoms with van der Waals surface area (Å²) in [5.41, 5.74) is 3.45. The van der Waals surface area contributed by atoms with Crippen molar-refractivity contribution in [3.05, 3.63) is 70.2 Å². The van der Waals surface area contributed by atoms with Gasteiger partial charge in [-0.15, -0.1) is 0 Å². The van der Waals surface area contributed by atoms with E-state index in [1.165, 1.54) is 11.1 Å². The van der Waals surface area contributed by atoms with Crippen molar-refractivity contribution in [3.8, 4) is 0 Å². The average Bonchev–Trinajstić information content (AvgIpc) is 2.68. The van der Waals surface area contributed by atoms with E-state index in [1.807, 2.05) is 12.1 Å². The predicted molar refractivity (Wildman–Crippen MR) is 109 cm³/mol. The molecule has 2 atom stereocenters. The van der Waals surface area contributed by atoms with Crippen molar-refractivity contribution in [2.45, 2.75) is 32.0 Å². The molecule has 5 nitrogen and oxygen atoms in total. The Labute approximate surface area is 170 Å². The fourth-order valence-electron chi connectivity index (χ4n) is 4.06. The molecule has 0 radical (unpaired) electrons. The molecule has 2 heterocycles. The molecule has 2 fully saturated rings. The van der Waals surface area contributed by atoms with E-state index in [1.54, 1.807) is 17.0 Å². The second-order valence-electron chi connectivity index (χ2n) is 7.66. The molecule has 0 aromatic heterocycles. The average molecular weight is 398 g/mol. The Bertz CT molecular complexity index is 884. The summed E-state index contributed by atoms with van der Waals surface area (Å²) in [5.74, 6) is -0.0535. The van der Waals surface area contributed by atoms with Crippen LogP contribution < -0.4 is 5.32 Å². The summed E-state index contributed by atoms with van der Waals surface area (Å²) >= 11 is 5.93. The number of aryl methyl sites for hydroxylation is 1. The molecular weight excluding hydrogens is 374 g/mol. The minimum Gasteiger partial charge on any atom is -0.342 e. The van der Waals surface area contributed by atoms with Gasteiger partial charge in [-0.1, -0.05) is 53.6 Å². The molecule has 0 aliphatic carbocycles. The smallest absolute Gasteiger partial charge is 0.246 e. The van der Waals surface area contributed by atoms with Crippen molar-refractivity contribution in [3.63, 3.8) is 0 Å². The van der Waals surface area contributed by atoms with Gasteiger partial charge in [0.1, 0.15) is 12.1 Å². The number of amides is 2. The molecular formula is C22H24ClN3O2. The van der Waals surface area contributed by atoms with Gasteiger partial charge in [-0.05, 0) is 30.2 Å². The summed E-state index contributed by atoms with van der Waals surface area (Å²) < 4.78 is 0. The van der Waals surface area contributed by atoms with Crippen LogP contribution in [0.4, 0.5) is 0 Å².